The van der Waals surface area contributed by atoms with Gasteiger partial charge in [0.2, 0.25) is 5.91 Å². The Morgan fingerprint density at radius 3 is 2.77 bits per heavy atom. The van der Waals surface area contributed by atoms with Crippen LogP contribution in [0, 0.1) is 0 Å². The van der Waals surface area contributed by atoms with Crippen molar-refractivity contribution in [1.82, 2.24) is 19.9 Å². The van der Waals surface area contributed by atoms with Crippen LogP contribution in [0.3, 0.4) is 0 Å². The van der Waals surface area contributed by atoms with Crippen LogP contribution in [-0.4, -0.2) is 33.5 Å². The lowest BCUT2D eigenvalue weighted by Gasteiger charge is -2.15. The molecule has 3 rings (SSSR count). The van der Waals surface area contributed by atoms with Crippen molar-refractivity contribution in [1.29, 1.82) is 0 Å². The van der Waals surface area contributed by atoms with Crippen LogP contribution in [0.15, 0.2) is 35.4 Å². The minimum Gasteiger partial charge on any atom is -0.369 e. The van der Waals surface area contributed by atoms with Gasteiger partial charge in [-0.05, 0) is 12.1 Å². The predicted molar refractivity (Wildman–Crippen MR) is 83.8 cm³/mol. The number of halogens is 1. The summed E-state index contributed by atoms with van der Waals surface area (Å²) in [6.45, 7) is 1.47. The third kappa shape index (κ3) is 3.00. The van der Waals surface area contributed by atoms with E-state index in [0.29, 0.717) is 31.2 Å². The molecule has 1 aliphatic rings. The monoisotopic (exact) mass is 321 g/mol. The number of rotatable bonds is 2. The first-order chi connectivity index (χ1) is 10.2. The molecule has 0 aliphatic carbocycles. The summed E-state index contributed by atoms with van der Waals surface area (Å²) in [6, 6.07) is 5.02. The lowest BCUT2D eigenvalue weighted by molar-refractivity contribution is -0.119. The van der Waals surface area contributed by atoms with Crippen molar-refractivity contribution in [2.75, 3.05) is 13.1 Å². The first kappa shape index (κ1) is 16.1. The molecule has 3 heterocycles. The number of nitrogens with two attached hydrogens (primary N) is 1. The molecular formula is C14H16ClN5O2. The molecule has 116 valence electrons. The van der Waals surface area contributed by atoms with E-state index >= 15 is 0 Å². The van der Waals surface area contributed by atoms with Crippen LogP contribution in [0.2, 0.25) is 0 Å². The minimum atomic E-state index is -0.609. The van der Waals surface area contributed by atoms with E-state index in [4.69, 9.17) is 5.73 Å². The highest BCUT2D eigenvalue weighted by Gasteiger charge is 2.26. The van der Waals surface area contributed by atoms with Gasteiger partial charge in [0, 0.05) is 43.7 Å². The summed E-state index contributed by atoms with van der Waals surface area (Å²) in [5.41, 5.74) is 6.58. The average Bonchev–Trinajstić information content (AvgIpc) is 2.71. The fourth-order valence-corrected chi connectivity index (χ4v) is 2.44. The smallest absolute Gasteiger partial charge is 0.254 e. The number of carbonyl (C=O) groups excluding carboxylic acids is 1. The fraction of sp³-hybridized carbons (Fsp3) is 0.286. The second-order valence-electron chi connectivity index (χ2n) is 4.88. The maximum Gasteiger partial charge on any atom is 0.254 e. The molecule has 22 heavy (non-hydrogen) atoms. The summed E-state index contributed by atoms with van der Waals surface area (Å²) in [4.78, 5) is 32.4. The van der Waals surface area contributed by atoms with Gasteiger partial charge in [0.25, 0.3) is 5.56 Å². The van der Waals surface area contributed by atoms with Crippen molar-refractivity contribution in [2.45, 2.75) is 12.5 Å². The van der Waals surface area contributed by atoms with Crippen LogP contribution in [0.4, 0.5) is 0 Å². The van der Waals surface area contributed by atoms with E-state index in [9.17, 15) is 9.59 Å². The Balaban J connectivity index is 0.00000176. The Kier molecular flexibility index (Phi) is 4.89. The standard InChI is InChI=1S/C14H15N5O2.ClH/c15-13(21)10-8-17-5-6-19-12(20)7-11(18-14(10)19)9-1-3-16-4-2-9;/h1-4,7,10,17H,5-6,8H2,(H2,15,21);1H. The van der Waals surface area contributed by atoms with Gasteiger partial charge in [-0.2, -0.15) is 0 Å². The molecule has 0 spiro atoms. The molecule has 2 aromatic rings. The molecule has 1 atom stereocenters. The maximum atomic E-state index is 12.3. The van der Waals surface area contributed by atoms with Crippen molar-refractivity contribution < 1.29 is 4.79 Å². The predicted octanol–water partition coefficient (Wildman–Crippen LogP) is -0.101. The van der Waals surface area contributed by atoms with Gasteiger partial charge < -0.3 is 11.1 Å². The Morgan fingerprint density at radius 2 is 2.09 bits per heavy atom. The van der Waals surface area contributed by atoms with Gasteiger partial charge in [-0.15, -0.1) is 12.4 Å². The molecule has 1 amide bonds. The number of pyridine rings is 1. The molecule has 0 bridgehead atoms. The van der Waals surface area contributed by atoms with E-state index in [1.807, 2.05) is 0 Å². The van der Waals surface area contributed by atoms with Gasteiger partial charge in [0.1, 0.15) is 11.7 Å². The fourth-order valence-electron chi connectivity index (χ4n) is 2.44. The topological polar surface area (TPSA) is 103 Å². The second kappa shape index (κ2) is 6.67. The van der Waals surface area contributed by atoms with E-state index < -0.39 is 11.8 Å². The largest absolute Gasteiger partial charge is 0.369 e. The molecular weight excluding hydrogens is 306 g/mol. The van der Waals surface area contributed by atoms with Crippen LogP contribution < -0.4 is 16.6 Å². The van der Waals surface area contributed by atoms with Crippen LogP contribution in [-0.2, 0) is 11.3 Å². The van der Waals surface area contributed by atoms with Gasteiger partial charge in [-0.3, -0.25) is 19.1 Å². The molecule has 0 radical (unpaired) electrons. The van der Waals surface area contributed by atoms with E-state index in [-0.39, 0.29) is 18.0 Å². The Labute approximate surface area is 133 Å². The zero-order chi connectivity index (χ0) is 14.8. The highest BCUT2D eigenvalue weighted by Crippen LogP contribution is 2.19. The van der Waals surface area contributed by atoms with E-state index in [0.717, 1.165) is 5.56 Å². The summed E-state index contributed by atoms with van der Waals surface area (Å²) in [5.74, 6) is -0.675. The van der Waals surface area contributed by atoms with E-state index in [1.54, 1.807) is 24.5 Å². The van der Waals surface area contributed by atoms with Gasteiger partial charge in [0.05, 0.1) is 5.69 Å². The third-order valence-corrected chi connectivity index (χ3v) is 3.53. The van der Waals surface area contributed by atoms with Crippen molar-refractivity contribution in [2.24, 2.45) is 5.73 Å². The summed E-state index contributed by atoms with van der Waals surface area (Å²) in [7, 11) is 0. The highest BCUT2D eigenvalue weighted by molar-refractivity contribution is 5.85. The first-order valence-corrected chi connectivity index (χ1v) is 6.69. The average molecular weight is 322 g/mol. The molecule has 1 unspecified atom stereocenters. The van der Waals surface area contributed by atoms with Crippen LogP contribution >= 0.6 is 12.4 Å². The summed E-state index contributed by atoms with van der Waals surface area (Å²) >= 11 is 0. The second-order valence-corrected chi connectivity index (χ2v) is 4.88. The number of hydrogen-bond acceptors (Lipinski definition) is 5. The van der Waals surface area contributed by atoms with Crippen LogP contribution in [0.25, 0.3) is 11.3 Å². The van der Waals surface area contributed by atoms with Crippen LogP contribution in [0.5, 0.6) is 0 Å². The van der Waals surface area contributed by atoms with Gasteiger partial charge in [-0.25, -0.2) is 4.98 Å². The Hall–Kier alpha value is -2.25. The third-order valence-electron chi connectivity index (χ3n) is 3.53. The van der Waals surface area contributed by atoms with Gasteiger partial charge >= 0.3 is 0 Å². The molecule has 0 saturated carbocycles. The number of carbonyl (C=O) groups is 1. The molecule has 2 aromatic heterocycles. The van der Waals surface area contributed by atoms with Crippen LogP contribution in [0.1, 0.15) is 11.7 Å². The molecule has 0 fully saturated rings. The summed E-state index contributed by atoms with van der Waals surface area (Å²) in [6.07, 6.45) is 3.26. The van der Waals surface area contributed by atoms with Crippen molar-refractivity contribution in [3.05, 3.63) is 46.8 Å². The van der Waals surface area contributed by atoms with Gasteiger partial charge in [0.15, 0.2) is 0 Å². The Morgan fingerprint density at radius 1 is 1.36 bits per heavy atom. The molecule has 1 aliphatic heterocycles. The minimum absolute atomic E-state index is 0. The number of hydrogen-bond donors (Lipinski definition) is 2. The zero-order valence-corrected chi connectivity index (χ0v) is 12.5. The normalized spacial score (nSPS) is 17.0. The Bertz CT molecular complexity index is 732. The van der Waals surface area contributed by atoms with Crippen molar-refractivity contribution in [3.63, 3.8) is 0 Å². The molecule has 0 aromatic carbocycles. The SMILES string of the molecule is Cl.NC(=O)C1CNCCn2c1nc(-c1ccncc1)cc2=O. The molecule has 7 nitrogen and oxygen atoms in total. The lowest BCUT2D eigenvalue weighted by atomic mass is 10.1. The van der Waals surface area contributed by atoms with Crippen molar-refractivity contribution in [3.8, 4) is 11.3 Å². The number of fused-ring (bicyclic) bond motifs is 1. The lowest BCUT2D eigenvalue weighted by Crippen LogP contribution is -2.33. The summed E-state index contributed by atoms with van der Waals surface area (Å²) in [5, 5.41) is 3.10. The number of nitrogens with zero attached hydrogens (tertiary/aromatic N) is 3. The van der Waals surface area contributed by atoms with E-state index in [1.165, 1.54) is 10.6 Å². The van der Waals surface area contributed by atoms with Crippen molar-refractivity contribution >= 4 is 18.3 Å². The molecule has 3 N–H and O–H groups in total. The number of primary amides is 1. The zero-order valence-electron chi connectivity index (χ0n) is 11.7. The summed E-state index contributed by atoms with van der Waals surface area (Å²) < 4.78 is 1.51. The van der Waals surface area contributed by atoms with Gasteiger partial charge in [-0.1, -0.05) is 0 Å². The number of amides is 1. The number of aromatic nitrogens is 3. The molecule has 8 heteroatoms. The number of nitrogens with one attached hydrogen (secondary N) is 1. The first-order valence-electron chi connectivity index (χ1n) is 6.69. The maximum absolute atomic E-state index is 12.3. The van der Waals surface area contributed by atoms with E-state index in [2.05, 4.69) is 15.3 Å². The quantitative estimate of drug-likeness (QED) is 0.804. The molecule has 0 saturated heterocycles. The highest BCUT2D eigenvalue weighted by atomic mass is 35.5.